The highest BCUT2D eigenvalue weighted by molar-refractivity contribution is 5.97. The third-order valence-electron chi connectivity index (χ3n) is 3.59. The predicted molar refractivity (Wildman–Crippen MR) is 69.1 cm³/mol. The Morgan fingerprint density at radius 2 is 2.11 bits per heavy atom. The van der Waals surface area contributed by atoms with Crippen molar-refractivity contribution in [2.24, 2.45) is 0 Å². The summed E-state index contributed by atoms with van der Waals surface area (Å²) in [6.45, 7) is 6.38. The number of piperazine rings is 1. The van der Waals surface area contributed by atoms with Crippen LogP contribution in [0, 0.1) is 0 Å². The van der Waals surface area contributed by atoms with Gasteiger partial charge >= 0.3 is 0 Å². The normalized spacial score (nSPS) is 26.1. The Morgan fingerprint density at radius 3 is 2.61 bits per heavy atom. The molecule has 0 spiro atoms. The second-order valence-corrected chi connectivity index (χ2v) is 5.06. The minimum atomic E-state index is -0.769. The highest BCUT2D eigenvalue weighted by Gasteiger charge is 2.43. The molecule has 1 N–H and O–H groups in total. The highest BCUT2D eigenvalue weighted by atomic mass is 16.5. The topological polar surface area (TPSA) is 58.6 Å². The number of amides is 2. The molecule has 5 heteroatoms. The van der Waals surface area contributed by atoms with Gasteiger partial charge in [0.25, 0.3) is 0 Å². The number of nitrogens with zero attached hydrogens (tertiary/aromatic N) is 1. The minimum absolute atomic E-state index is 0.0000926. The lowest BCUT2D eigenvalue weighted by Crippen LogP contribution is -2.67. The van der Waals surface area contributed by atoms with E-state index in [0.29, 0.717) is 13.0 Å². The maximum absolute atomic E-state index is 12.5. The molecular formula is C13H24N2O3. The Bertz CT molecular complexity index is 313. The molecule has 1 rings (SSSR count). The van der Waals surface area contributed by atoms with Crippen LogP contribution in [0.5, 0.6) is 0 Å². The van der Waals surface area contributed by atoms with E-state index in [4.69, 9.17) is 4.74 Å². The first kappa shape index (κ1) is 15.0. The Balaban J connectivity index is 2.90. The molecule has 5 nitrogen and oxygen atoms in total. The zero-order valence-corrected chi connectivity index (χ0v) is 11.8. The van der Waals surface area contributed by atoms with Gasteiger partial charge in [-0.25, -0.2) is 0 Å². The van der Waals surface area contributed by atoms with Crippen LogP contribution in [0.2, 0.25) is 0 Å². The van der Waals surface area contributed by atoms with Crippen LogP contribution in [-0.4, -0.2) is 48.6 Å². The van der Waals surface area contributed by atoms with Gasteiger partial charge in [-0.15, -0.1) is 0 Å². The van der Waals surface area contributed by atoms with E-state index in [2.05, 4.69) is 12.2 Å². The van der Waals surface area contributed by atoms with Crippen molar-refractivity contribution in [2.75, 3.05) is 20.3 Å². The number of ether oxygens (including phenoxy) is 1. The van der Waals surface area contributed by atoms with E-state index in [9.17, 15) is 9.59 Å². The third kappa shape index (κ3) is 3.02. The SMILES string of the molecule is CCCC(COC)N1CC(=O)NC(C)(CC)C1=O. The Labute approximate surface area is 109 Å². The van der Waals surface area contributed by atoms with E-state index < -0.39 is 5.54 Å². The average Bonchev–Trinajstić information content (AvgIpc) is 2.33. The number of carbonyl (C=O) groups is 2. The van der Waals surface area contributed by atoms with Crippen LogP contribution in [0.1, 0.15) is 40.0 Å². The summed E-state index contributed by atoms with van der Waals surface area (Å²) in [6, 6.07) is -0.00979. The highest BCUT2D eigenvalue weighted by Crippen LogP contribution is 2.21. The van der Waals surface area contributed by atoms with Gasteiger partial charge in [-0.2, -0.15) is 0 Å². The summed E-state index contributed by atoms with van der Waals surface area (Å²) in [5.41, 5.74) is -0.769. The molecule has 0 aromatic carbocycles. The van der Waals surface area contributed by atoms with Gasteiger partial charge in [0.15, 0.2) is 0 Å². The van der Waals surface area contributed by atoms with E-state index in [-0.39, 0.29) is 24.4 Å². The number of carbonyl (C=O) groups excluding carboxylic acids is 2. The van der Waals surface area contributed by atoms with Crippen molar-refractivity contribution in [2.45, 2.75) is 51.6 Å². The van der Waals surface area contributed by atoms with Crippen molar-refractivity contribution in [3.8, 4) is 0 Å². The monoisotopic (exact) mass is 256 g/mol. The van der Waals surface area contributed by atoms with Crippen LogP contribution >= 0.6 is 0 Å². The van der Waals surface area contributed by atoms with Gasteiger partial charge in [-0.3, -0.25) is 9.59 Å². The largest absolute Gasteiger partial charge is 0.383 e. The summed E-state index contributed by atoms with van der Waals surface area (Å²) in [5.74, 6) is -0.0868. The summed E-state index contributed by atoms with van der Waals surface area (Å²) < 4.78 is 5.17. The Morgan fingerprint density at radius 1 is 1.44 bits per heavy atom. The van der Waals surface area contributed by atoms with Crippen LogP contribution in [0.3, 0.4) is 0 Å². The predicted octanol–water partition coefficient (Wildman–Crippen LogP) is 0.929. The van der Waals surface area contributed by atoms with Crippen molar-refractivity contribution in [1.82, 2.24) is 10.2 Å². The third-order valence-corrected chi connectivity index (χ3v) is 3.59. The van der Waals surface area contributed by atoms with Crippen molar-refractivity contribution < 1.29 is 14.3 Å². The molecule has 0 aliphatic carbocycles. The molecule has 1 saturated heterocycles. The molecule has 1 heterocycles. The quantitative estimate of drug-likeness (QED) is 0.769. The smallest absolute Gasteiger partial charge is 0.248 e. The fourth-order valence-corrected chi connectivity index (χ4v) is 2.33. The van der Waals surface area contributed by atoms with Crippen molar-refractivity contribution in [1.29, 1.82) is 0 Å². The molecule has 2 unspecified atom stereocenters. The van der Waals surface area contributed by atoms with E-state index in [0.717, 1.165) is 12.8 Å². The van der Waals surface area contributed by atoms with E-state index in [1.54, 1.807) is 18.9 Å². The number of methoxy groups -OCH3 is 1. The van der Waals surface area contributed by atoms with Crippen LogP contribution in [0.15, 0.2) is 0 Å². The number of hydrogen-bond acceptors (Lipinski definition) is 3. The summed E-state index contributed by atoms with van der Waals surface area (Å²) >= 11 is 0. The maximum Gasteiger partial charge on any atom is 0.248 e. The van der Waals surface area contributed by atoms with Gasteiger partial charge in [0.1, 0.15) is 12.1 Å². The summed E-state index contributed by atoms with van der Waals surface area (Å²) in [4.78, 5) is 25.9. The van der Waals surface area contributed by atoms with Gasteiger partial charge in [0.2, 0.25) is 11.8 Å². The molecule has 0 aromatic heterocycles. The fourth-order valence-electron chi connectivity index (χ4n) is 2.33. The molecule has 2 atom stereocenters. The standard InChI is InChI=1S/C13H24N2O3/c1-5-7-10(9-18-4)15-8-11(16)14-13(3,6-2)12(15)17/h10H,5-9H2,1-4H3,(H,14,16). The van der Waals surface area contributed by atoms with Gasteiger partial charge in [-0.1, -0.05) is 20.3 Å². The van der Waals surface area contributed by atoms with E-state index in [1.165, 1.54) is 0 Å². The van der Waals surface area contributed by atoms with Gasteiger partial charge in [0.05, 0.1) is 12.6 Å². The van der Waals surface area contributed by atoms with Crippen LogP contribution < -0.4 is 5.32 Å². The Kier molecular flexibility index (Phi) is 5.14. The first-order valence-corrected chi connectivity index (χ1v) is 6.59. The zero-order chi connectivity index (χ0) is 13.8. The van der Waals surface area contributed by atoms with Crippen LogP contribution in [-0.2, 0) is 14.3 Å². The summed E-state index contributed by atoms with van der Waals surface area (Å²) in [6.07, 6.45) is 2.41. The molecule has 0 radical (unpaired) electrons. The molecule has 1 fully saturated rings. The molecule has 0 aromatic rings. The Hall–Kier alpha value is -1.10. The van der Waals surface area contributed by atoms with Crippen molar-refractivity contribution in [3.63, 3.8) is 0 Å². The van der Waals surface area contributed by atoms with E-state index in [1.807, 2.05) is 6.92 Å². The second kappa shape index (κ2) is 6.18. The van der Waals surface area contributed by atoms with Gasteiger partial charge in [0, 0.05) is 7.11 Å². The molecule has 104 valence electrons. The van der Waals surface area contributed by atoms with Crippen LogP contribution in [0.25, 0.3) is 0 Å². The summed E-state index contributed by atoms with van der Waals surface area (Å²) in [7, 11) is 1.62. The lowest BCUT2D eigenvalue weighted by molar-refractivity contribution is -0.153. The molecule has 2 amide bonds. The van der Waals surface area contributed by atoms with E-state index >= 15 is 0 Å². The fraction of sp³-hybridized carbons (Fsp3) is 0.846. The molecule has 1 aliphatic heterocycles. The molecule has 0 bridgehead atoms. The van der Waals surface area contributed by atoms with Gasteiger partial charge < -0.3 is 15.0 Å². The zero-order valence-electron chi connectivity index (χ0n) is 11.8. The van der Waals surface area contributed by atoms with Crippen molar-refractivity contribution >= 4 is 11.8 Å². The lowest BCUT2D eigenvalue weighted by atomic mass is 9.93. The first-order chi connectivity index (χ1) is 8.48. The molecule has 18 heavy (non-hydrogen) atoms. The number of hydrogen-bond donors (Lipinski definition) is 1. The first-order valence-electron chi connectivity index (χ1n) is 6.59. The van der Waals surface area contributed by atoms with Crippen LogP contribution in [0.4, 0.5) is 0 Å². The van der Waals surface area contributed by atoms with Gasteiger partial charge in [-0.05, 0) is 19.8 Å². The summed E-state index contributed by atoms with van der Waals surface area (Å²) in [5, 5.41) is 2.79. The number of rotatable bonds is 6. The second-order valence-electron chi connectivity index (χ2n) is 5.06. The number of nitrogens with one attached hydrogen (secondary N) is 1. The maximum atomic E-state index is 12.5. The molecular weight excluding hydrogens is 232 g/mol. The van der Waals surface area contributed by atoms with Crippen molar-refractivity contribution in [3.05, 3.63) is 0 Å². The average molecular weight is 256 g/mol. The molecule has 0 saturated carbocycles. The lowest BCUT2D eigenvalue weighted by Gasteiger charge is -2.42. The molecule has 1 aliphatic rings. The minimum Gasteiger partial charge on any atom is -0.383 e.